The van der Waals surface area contributed by atoms with E-state index in [0.29, 0.717) is 12.4 Å². The molecule has 0 radical (unpaired) electrons. The highest BCUT2D eigenvalue weighted by Gasteiger charge is 2.35. The first-order chi connectivity index (χ1) is 8.16. The molecule has 0 saturated carbocycles. The molecule has 0 aliphatic rings. The van der Waals surface area contributed by atoms with Gasteiger partial charge in [-0.1, -0.05) is 0 Å². The second-order valence-electron chi connectivity index (χ2n) is 4.83. The van der Waals surface area contributed by atoms with Crippen LogP contribution in [-0.4, -0.2) is 40.7 Å². The van der Waals surface area contributed by atoms with Crippen LogP contribution in [0.4, 0.5) is 0 Å². The average Bonchev–Trinajstić information content (AvgIpc) is 2.70. The minimum atomic E-state index is -3.60. The van der Waals surface area contributed by atoms with Crippen molar-refractivity contribution in [1.29, 1.82) is 0 Å². The summed E-state index contributed by atoms with van der Waals surface area (Å²) in [7, 11) is -2.08. The zero-order chi connectivity index (χ0) is 14.1. The van der Waals surface area contributed by atoms with Crippen molar-refractivity contribution >= 4 is 21.6 Å². The molecule has 5 nitrogen and oxygen atoms in total. The van der Waals surface area contributed by atoms with Gasteiger partial charge in [0.2, 0.25) is 0 Å². The topological polar surface area (TPSA) is 55.2 Å². The molecule has 1 rings (SSSR count). The van der Waals surface area contributed by atoms with E-state index in [0.717, 1.165) is 0 Å². The molecule has 1 heterocycles. The number of rotatable bonds is 5. The maximum absolute atomic E-state index is 12.4. The Morgan fingerprint density at radius 2 is 2.06 bits per heavy atom. The van der Waals surface area contributed by atoms with E-state index in [1.165, 1.54) is 11.4 Å². The van der Waals surface area contributed by atoms with Crippen LogP contribution in [0.2, 0.25) is 0 Å². The van der Waals surface area contributed by atoms with Crippen LogP contribution in [-0.2, 0) is 16.6 Å². The Morgan fingerprint density at radius 1 is 1.50 bits per heavy atom. The van der Waals surface area contributed by atoms with Crippen LogP contribution in [0, 0.1) is 6.92 Å². The van der Waals surface area contributed by atoms with Crippen molar-refractivity contribution in [1.82, 2.24) is 13.9 Å². The summed E-state index contributed by atoms with van der Waals surface area (Å²) in [6, 6.07) is 0. The van der Waals surface area contributed by atoms with Crippen LogP contribution in [0.25, 0.3) is 0 Å². The molecule has 0 amide bonds. The van der Waals surface area contributed by atoms with Gasteiger partial charge in [-0.25, -0.2) is 13.4 Å². The van der Waals surface area contributed by atoms with Crippen molar-refractivity contribution in [2.24, 2.45) is 0 Å². The first-order valence-corrected chi connectivity index (χ1v) is 7.73. The molecule has 0 N–H and O–H groups in total. The number of halogens is 1. The summed E-state index contributed by atoms with van der Waals surface area (Å²) >= 11 is 5.81. The number of aromatic nitrogens is 2. The fourth-order valence-corrected chi connectivity index (χ4v) is 3.23. The van der Waals surface area contributed by atoms with Gasteiger partial charge in [-0.15, -0.1) is 11.6 Å². The lowest BCUT2D eigenvalue weighted by Gasteiger charge is -2.31. The Bertz CT molecular complexity index is 522. The zero-order valence-corrected chi connectivity index (χ0v) is 13.0. The molecule has 0 saturated heterocycles. The lowest BCUT2D eigenvalue weighted by Crippen LogP contribution is -2.46. The third-order valence-corrected chi connectivity index (χ3v) is 5.69. The number of hydrogen-bond donors (Lipinski definition) is 0. The Kier molecular flexibility index (Phi) is 4.46. The van der Waals surface area contributed by atoms with Gasteiger partial charge in [0, 0.05) is 31.2 Å². The summed E-state index contributed by atoms with van der Waals surface area (Å²) in [5.74, 6) is 0.907. The number of imidazole rings is 1. The molecular weight excluding hydrogens is 274 g/mol. The van der Waals surface area contributed by atoms with E-state index in [4.69, 9.17) is 11.6 Å². The normalized spacial score (nSPS) is 13.3. The Hall–Kier alpha value is -0.590. The molecule has 0 unspecified atom stereocenters. The highest BCUT2D eigenvalue weighted by molar-refractivity contribution is 7.89. The van der Waals surface area contributed by atoms with Gasteiger partial charge < -0.3 is 4.57 Å². The molecule has 0 fully saturated rings. The van der Waals surface area contributed by atoms with Gasteiger partial charge in [-0.3, -0.25) is 0 Å². The van der Waals surface area contributed by atoms with E-state index in [1.807, 2.05) is 6.92 Å². The summed E-state index contributed by atoms with van der Waals surface area (Å²) in [4.78, 5) is 4.11. The van der Waals surface area contributed by atoms with Crippen LogP contribution in [0.5, 0.6) is 0 Å². The molecule has 7 heteroatoms. The summed E-state index contributed by atoms with van der Waals surface area (Å²) in [5, 5.41) is 0.0718. The monoisotopic (exact) mass is 293 g/mol. The third-order valence-electron chi connectivity index (χ3n) is 3.10. The van der Waals surface area contributed by atoms with Gasteiger partial charge in [-0.2, -0.15) is 4.31 Å². The first-order valence-electron chi connectivity index (χ1n) is 5.75. The second-order valence-corrected chi connectivity index (χ2v) is 7.01. The summed E-state index contributed by atoms with van der Waals surface area (Å²) < 4.78 is 27.9. The summed E-state index contributed by atoms with van der Waals surface area (Å²) in [6.07, 6.45) is 1.56. The van der Waals surface area contributed by atoms with Gasteiger partial charge in [0.05, 0.1) is 0 Å². The van der Waals surface area contributed by atoms with Crippen LogP contribution in [0.1, 0.15) is 26.6 Å². The number of nitrogens with zero attached hydrogens (tertiary/aromatic N) is 3. The lowest BCUT2D eigenvalue weighted by atomic mass is 10.1. The van der Waals surface area contributed by atoms with E-state index >= 15 is 0 Å². The Morgan fingerprint density at radius 3 is 2.44 bits per heavy atom. The predicted octanol–water partition coefficient (Wildman–Crippen LogP) is 1.85. The highest BCUT2D eigenvalue weighted by atomic mass is 35.5. The first kappa shape index (κ1) is 15.5. The van der Waals surface area contributed by atoms with Gasteiger partial charge in [0.25, 0.3) is 10.0 Å². The van der Waals surface area contributed by atoms with Crippen molar-refractivity contribution in [2.75, 3.05) is 12.9 Å². The van der Waals surface area contributed by atoms with Gasteiger partial charge in [-0.05, 0) is 27.7 Å². The molecule has 104 valence electrons. The minimum Gasteiger partial charge on any atom is -0.334 e. The maximum Gasteiger partial charge on any atom is 0.262 e. The molecule has 0 aliphatic heterocycles. The summed E-state index contributed by atoms with van der Waals surface area (Å²) in [5.41, 5.74) is -0.649. The van der Waals surface area contributed by atoms with Crippen LogP contribution in [0.3, 0.4) is 0 Å². The van der Waals surface area contributed by atoms with E-state index < -0.39 is 15.6 Å². The van der Waals surface area contributed by atoms with Crippen molar-refractivity contribution in [3.8, 4) is 0 Å². The number of aryl methyl sites for hydroxylation is 2. The smallest absolute Gasteiger partial charge is 0.262 e. The second kappa shape index (κ2) is 5.19. The van der Waals surface area contributed by atoms with Gasteiger partial charge in [0.15, 0.2) is 5.03 Å². The fourth-order valence-electron chi connectivity index (χ4n) is 1.47. The minimum absolute atomic E-state index is 0.0718. The molecule has 0 bridgehead atoms. The van der Waals surface area contributed by atoms with Crippen LogP contribution in [0.15, 0.2) is 11.2 Å². The standard InChI is InChI=1S/C11H20ClN3O2S/c1-6-15-7-10(13-9(15)2)18(16,17)14(5)11(3,4)8-12/h7H,6,8H2,1-5H3. The largest absolute Gasteiger partial charge is 0.334 e. The van der Waals surface area contributed by atoms with Crippen LogP contribution < -0.4 is 0 Å². The molecule has 1 aromatic rings. The Labute approximate surface area is 114 Å². The third kappa shape index (κ3) is 2.70. The van der Waals surface area contributed by atoms with E-state index in [-0.39, 0.29) is 10.9 Å². The van der Waals surface area contributed by atoms with Gasteiger partial charge >= 0.3 is 0 Å². The lowest BCUT2D eigenvalue weighted by molar-refractivity contribution is 0.295. The van der Waals surface area contributed by atoms with E-state index in [2.05, 4.69) is 4.98 Å². The van der Waals surface area contributed by atoms with Crippen molar-refractivity contribution in [3.63, 3.8) is 0 Å². The quantitative estimate of drug-likeness (QED) is 0.779. The van der Waals surface area contributed by atoms with E-state index in [1.54, 1.807) is 31.5 Å². The molecule has 18 heavy (non-hydrogen) atoms. The SMILES string of the molecule is CCn1cc(S(=O)(=O)N(C)C(C)(C)CCl)nc1C. The van der Waals surface area contributed by atoms with Crippen LogP contribution >= 0.6 is 11.6 Å². The summed E-state index contributed by atoms with van der Waals surface area (Å²) in [6.45, 7) is 7.98. The molecule has 0 atom stereocenters. The average molecular weight is 294 g/mol. The zero-order valence-electron chi connectivity index (χ0n) is 11.4. The van der Waals surface area contributed by atoms with Crippen molar-refractivity contribution < 1.29 is 8.42 Å². The molecule has 0 spiro atoms. The number of sulfonamides is 1. The Balaban J connectivity index is 3.21. The molecule has 0 aromatic carbocycles. The predicted molar refractivity (Wildman–Crippen MR) is 72.4 cm³/mol. The molecular formula is C11H20ClN3O2S. The fraction of sp³-hybridized carbons (Fsp3) is 0.727. The van der Waals surface area contributed by atoms with E-state index in [9.17, 15) is 8.42 Å². The molecule has 1 aromatic heterocycles. The van der Waals surface area contributed by atoms with Gasteiger partial charge in [0.1, 0.15) is 5.82 Å². The highest BCUT2D eigenvalue weighted by Crippen LogP contribution is 2.23. The molecule has 0 aliphatic carbocycles. The number of alkyl halides is 1. The van der Waals surface area contributed by atoms with Crippen molar-refractivity contribution in [3.05, 3.63) is 12.0 Å². The maximum atomic E-state index is 12.4. The van der Waals surface area contributed by atoms with Crippen molar-refractivity contribution in [2.45, 2.75) is 44.8 Å². The number of hydrogen-bond acceptors (Lipinski definition) is 3.